The minimum absolute atomic E-state index is 0.281. The lowest BCUT2D eigenvalue weighted by Gasteiger charge is -2.41. The number of nitrogens with one attached hydrogen (secondary N) is 1. The molecule has 0 aliphatic carbocycles. The number of nitrogens with zero attached hydrogens (tertiary/aromatic N) is 1. The molecule has 1 aromatic heterocycles. The fraction of sp³-hybridized carbons (Fsp3) is 0.636. The maximum absolute atomic E-state index is 12.1. The maximum Gasteiger partial charge on any atom is 0.490 e. The zero-order valence-corrected chi connectivity index (χ0v) is 18.3. The lowest BCUT2D eigenvalue weighted by molar-refractivity contribution is -0.0320. The highest BCUT2D eigenvalue weighted by Crippen LogP contribution is 2.66. The highest BCUT2D eigenvalue weighted by atomic mass is 32.2. The number of H-pyrrole nitrogens is 1. The third kappa shape index (κ3) is 5.80. The van der Waals surface area contributed by atoms with Gasteiger partial charge in [0.2, 0.25) is 0 Å². The van der Waals surface area contributed by atoms with Crippen LogP contribution in [0, 0.1) is 0 Å². The number of phosphoric ester groups is 1. The van der Waals surface area contributed by atoms with Crippen molar-refractivity contribution >= 4 is 35.2 Å². The summed E-state index contributed by atoms with van der Waals surface area (Å²) < 4.78 is 52.1. The van der Waals surface area contributed by atoms with Gasteiger partial charge < -0.3 is 24.3 Å². The molecule has 2 aliphatic rings. The lowest BCUT2D eigenvalue weighted by atomic mass is 9.97. The second-order valence-electron chi connectivity index (χ2n) is 6.38. The van der Waals surface area contributed by atoms with Crippen LogP contribution in [0.3, 0.4) is 0 Å². The average Bonchev–Trinajstić information content (AvgIpc) is 2.89. The summed E-state index contributed by atoms with van der Waals surface area (Å²) in [4.78, 5) is 61.2. The molecule has 0 bridgehead atoms. The molecule has 170 valence electrons. The van der Waals surface area contributed by atoms with E-state index in [2.05, 4.69) is 18.1 Å². The number of hydrogen-bond donors (Lipinski definition) is 5. The first-order valence-corrected chi connectivity index (χ1v) is 13.6. The van der Waals surface area contributed by atoms with Crippen molar-refractivity contribution in [2.45, 2.75) is 29.9 Å². The SMILES string of the molecule is O=c1ccn([C@@H]2OC(COP(=O)(O)OP(=O)(O)OP(=O)(O)O)C[C@]23CCS3)c(=O)[nH]1. The molecule has 2 saturated heterocycles. The fourth-order valence-electron chi connectivity index (χ4n) is 3.07. The van der Waals surface area contributed by atoms with E-state index < -0.39 is 58.4 Å². The summed E-state index contributed by atoms with van der Waals surface area (Å²) >= 11 is 1.50. The number of hydrogen-bond acceptors (Lipinski definition) is 10. The van der Waals surface area contributed by atoms with Gasteiger partial charge in [-0.1, -0.05) is 0 Å². The Morgan fingerprint density at radius 2 is 1.87 bits per heavy atom. The van der Waals surface area contributed by atoms with E-state index in [0.717, 1.165) is 11.8 Å². The molecule has 0 radical (unpaired) electrons. The molecule has 3 heterocycles. The smallest absolute Gasteiger partial charge is 0.351 e. The first-order chi connectivity index (χ1) is 13.7. The lowest BCUT2D eigenvalue weighted by Crippen LogP contribution is -2.44. The second-order valence-corrected chi connectivity index (χ2v) is 12.3. The van der Waals surface area contributed by atoms with Gasteiger partial charge in [-0.05, 0) is 18.6 Å². The van der Waals surface area contributed by atoms with Crippen molar-refractivity contribution in [3.05, 3.63) is 33.1 Å². The van der Waals surface area contributed by atoms with E-state index in [0.29, 0.717) is 6.42 Å². The predicted octanol–water partition coefficient (Wildman–Crippen LogP) is 0.0431. The van der Waals surface area contributed by atoms with Gasteiger partial charge in [0.1, 0.15) is 0 Å². The van der Waals surface area contributed by atoms with E-state index in [1.54, 1.807) is 0 Å². The van der Waals surface area contributed by atoms with Gasteiger partial charge in [-0.15, -0.1) is 0 Å². The number of phosphoric acid groups is 3. The summed E-state index contributed by atoms with van der Waals surface area (Å²) in [6, 6.07) is 1.14. The third-order valence-corrected chi connectivity index (χ3v) is 9.56. The summed E-state index contributed by atoms with van der Waals surface area (Å²) in [5, 5.41) is 0. The topological polar surface area (TPSA) is 224 Å². The molecule has 15 nitrogen and oxygen atoms in total. The monoisotopic (exact) mass is 510 g/mol. The molecule has 2 fully saturated rings. The van der Waals surface area contributed by atoms with Crippen LogP contribution in [0.1, 0.15) is 19.1 Å². The minimum Gasteiger partial charge on any atom is -0.351 e. The van der Waals surface area contributed by atoms with Crippen molar-refractivity contribution in [2.75, 3.05) is 12.4 Å². The largest absolute Gasteiger partial charge is 0.490 e. The summed E-state index contributed by atoms with van der Waals surface area (Å²) in [6.07, 6.45) is 0.544. The molecule has 5 N–H and O–H groups in total. The Labute approximate surface area is 171 Å². The number of ether oxygens (including phenoxy) is 1. The average molecular weight is 510 g/mol. The Hall–Kier alpha value is -0.600. The molecule has 2 aliphatic heterocycles. The highest BCUT2D eigenvalue weighted by molar-refractivity contribution is 8.02. The molecule has 0 amide bonds. The zero-order valence-electron chi connectivity index (χ0n) is 14.8. The van der Waals surface area contributed by atoms with Gasteiger partial charge in [-0.3, -0.25) is 18.9 Å². The molecule has 0 saturated carbocycles. The number of aromatic amines is 1. The molecule has 5 atom stereocenters. The summed E-state index contributed by atoms with van der Waals surface area (Å²) in [7, 11) is -16.4. The first kappa shape index (κ1) is 24.1. The van der Waals surface area contributed by atoms with Crippen LogP contribution < -0.4 is 11.2 Å². The van der Waals surface area contributed by atoms with Gasteiger partial charge in [0, 0.05) is 12.3 Å². The Morgan fingerprint density at radius 1 is 1.20 bits per heavy atom. The van der Waals surface area contributed by atoms with E-state index in [9.17, 15) is 28.2 Å². The van der Waals surface area contributed by atoms with Crippen LogP contribution in [-0.4, -0.2) is 52.3 Å². The van der Waals surface area contributed by atoms with Gasteiger partial charge in [0.25, 0.3) is 5.56 Å². The first-order valence-electron chi connectivity index (χ1n) is 8.10. The summed E-state index contributed by atoms with van der Waals surface area (Å²) in [6.45, 7) is -0.611. The van der Waals surface area contributed by atoms with E-state index >= 15 is 0 Å². The molecule has 30 heavy (non-hydrogen) atoms. The van der Waals surface area contributed by atoms with Crippen LogP contribution in [0.2, 0.25) is 0 Å². The van der Waals surface area contributed by atoms with Crippen molar-refractivity contribution in [2.24, 2.45) is 0 Å². The number of rotatable bonds is 8. The summed E-state index contributed by atoms with van der Waals surface area (Å²) in [5.74, 6) is 0.778. The van der Waals surface area contributed by atoms with Gasteiger partial charge >= 0.3 is 29.2 Å². The number of aromatic nitrogens is 2. The normalized spacial score (nSPS) is 30.5. The molecule has 0 aromatic carbocycles. The van der Waals surface area contributed by atoms with Crippen molar-refractivity contribution < 1.29 is 51.2 Å². The molecule has 1 spiro atoms. The highest BCUT2D eigenvalue weighted by Gasteiger charge is 2.55. The van der Waals surface area contributed by atoms with Crippen LogP contribution in [0.15, 0.2) is 21.9 Å². The van der Waals surface area contributed by atoms with Crippen LogP contribution in [0.5, 0.6) is 0 Å². The molecule has 3 unspecified atom stereocenters. The Balaban J connectivity index is 1.67. The molecular weight excluding hydrogens is 493 g/mol. The molecule has 1 aromatic rings. The van der Waals surface area contributed by atoms with Crippen LogP contribution >= 0.6 is 35.2 Å². The molecular formula is C11H17N2O13P3S. The minimum atomic E-state index is -5.61. The second kappa shape index (κ2) is 8.39. The van der Waals surface area contributed by atoms with E-state index in [1.165, 1.54) is 22.5 Å². The van der Waals surface area contributed by atoms with Crippen molar-refractivity contribution in [1.29, 1.82) is 0 Å². The van der Waals surface area contributed by atoms with Crippen molar-refractivity contribution in [3.63, 3.8) is 0 Å². The van der Waals surface area contributed by atoms with Crippen LogP contribution in [0.4, 0.5) is 0 Å². The zero-order chi connectivity index (χ0) is 22.4. The maximum atomic E-state index is 12.1. The molecule has 3 rings (SSSR count). The van der Waals surface area contributed by atoms with Gasteiger partial charge in [0.05, 0.1) is 17.5 Å². The van der Waals surface area contributed by atoms with E-state index in [-0.39, 0.29) is 6.42 Å². The fourth-order valence-corrected chi connectivity index (χ4v) is 7.46. The quantitative estimate of drug-likeness (QED) is 0.291. The third-order valence-electron chi connectivity index (χ3n) is 4.20. The standard InChI is InChI=1S/C11H17N2O13P3S/c14-8-1-3-13(10(15)12-8)9-11(2-4-30-11)5-7(24-9)6-23-28(19,20)26-29(21,22)25-27(16,17)18/h1,3,7,9H,2,4-6H2,(H,19,20)(H,21,22)(H,12,14,15)(H2,16,17,18)/t7?,9-,11-/m1/s1. The van der Waals surface area contributed by atoms with Gasteiger partial charge in [-0.2, -0.15) is 20.4 Å². The van der Waals surface area contributed by atoms with Crippen LogP contribution in [0.25, 0.3) is 0 Å². The van der Waals surface area contributed by atoms with E-state index in [1.807, 2.05) is 0 Å². The van der Waals surface area contributed by atoms with Crippen molar-refractivity contribution in [3.8, 4) is 0 Å². The van der Waals surface area contributed by atoms with Gasteiger partial charge in [-0.25, -0.2) is 18.5 Å². The Kier molecular flexibility index (Phi) is 6.73. The van der Waals surface area contributed by atoms with Crippen LogP contribution in [-0.2, 0) is 31.6 Å². The Morgan fingerprint density at radius 3 is 2.40 bits per heavy atom. The summed E-state index contributed by atoms with van der Waals surface area (Å²) in [5.41, 5.74) is -1.29. The van der Waals surface area contributed by atoms with Crippen molar-refractivity contribution in [1.82, 2.24) is 9.55 Å². The predicted molar refractivity (Wildman–Crippen MR) is 99.5 cm³/mol. The number of thioether (sulfide) groups is 1. The van der Waals surface area contributed by atoms with E-state index in [4.69, 9.17) is 19.4 Å². The Bertz CT molecular complexity index is 1060. The van der Waals surface area contributed by atoms with Gasteiger partial charge in [0.15, 0.2) is 6.23 Å². The molecule has 19 heteroatoms.